The third kappa shape index (κ3) is 2.46. The molecule has 1 aromatic carbocycles. The van der Waals surface area contributed by atoms with Gasteiger partial charge in [-0.05, 0) is 49.8 Å². The fourth-order valence-corrected chi connectivity index (χ4v) is 3.75. The summed E-state index contributed by atoms with van der Waals surface area (Å²) >= 11 is 0. The van der Waals surface area contributed by atoms with Crippen LogP contribution in [-0.4, -0.2) is 18.6 Å². The molecule has 1 fully saturated rings. The quantitative estimate of drug-likeness (QED) is 0.866. The molecule has 2 aliphatic carbocycles. The van der Waals surface area contributed by atoms with Crippen LogP contribution in [0, 0.1) is 5.82 Å². The fraction of sp³-hybridized carbons (Fsp3) is 0.588. The van der Waals surface area contributed by atoms with E-state index in [9.17, 15) is 9.18 Å². The first-order valence-corrected chi connectivity index (χ1v) is 7.90. The van der Waals surface area contributed by atoms with Crippen LogP contribution in [0.15, 0.2) is 18.2 Å². The summed E-state index contributed by atoms with van der Waals surface area (Å²) in [4.78, 5) is 12.6. The first kappa shape index (κ1) is 14.5. The smallest absolute Gasteiger partial charge is 0.331 e. The van der Waals surface area contributed by atoms with Gasteiger partial charge in [0.25, 0.3) is 0 Å². The molecule has 0 amide bonds. The molecule has 0 bridgehead atoms. The SMILES string of the molecule is CCOC(=O)C1(NC2CCCC2)CCc2c(F)cccc21. The maximum atomic E-state index is 14.0. The zero-order valence-corrected chi connectivity index (χ0v) is 12.5. The van der Waals surface area contributed by atoms with Crippen molar-refractivity contribution in [2.24, 2.45) is 0 Å². The van der Waals surface area contributed by atoms with E-state index in [2.05, 4.69) is 5.32 Å². The number of carbonyl (C=O) groups excluding carboxylic acids is 1. The molecule has 0 aromatic heterocycles. The van der Waals surface area contributed by atoms with E-state index in [-0.39, 0.29) is 11.8 Å². The number of rotatable bonds is 4. The van der Waals surface area contributed by atoms with Crippen molar-refractivity contribution in [3.63, 3.8) is 0 Å². The van der Waals surface area contributed by atoms with Crippen LogP contribution in [0.3, 0.4) is 0 Å². The van der Waals surface area contributed by atoms with Crippen molar-refractivity contribution in [1.82, 2.24) is 5.32 Å². The summed E-state index contributed by atoms with van der Waals surface area (Å²) in [6, 6.07) is 5.34. The number of benzene rings is 1. The van der Waals surface area contributed by atoms with Crippen molar-refractivity contribution in [2.45, 2.75) is 57.0 Å². The number of hydrogen-bond acceptors (Lipinski definition) is 3. The van der Waals surface area contributed by atoms with Crippen molar-refractivity contribution in [3.8, 4) is 0 Å². The molecule has 1 saturated carbocycles. The van der Waals surface area contributed by atoms with E-state index in [1.54, 1.807) is 6.07 Å². The van der Waals surface area contributed by atoms with Gasteiger partial charge in [0.2, 0.25) is 0 Å². The van der Waals surface area contributed by atoms with Gasteiger partial charge >= 0.3 is 5.97 Å². The van der Waals surface area contributed by atoms with Gasteiger partial charge in [-0.25, -0.2) is 9.18 Å². The van der Waals surface area contributed by atoms with E-state index >= 15 is 0 Å². The molecule has 4 heteroatoms. The fourth-order valence-electron chi connectivity index (χ4n) is 3.75. The highest BCUT2D eigenvalue weighted by atomic mass is 19.1. The van der Waals surface area contributed by atoms with E-state index in [4.69, 9.17) is 4.74 Å². The lowest BCUT2D eigenvalue weighted by Gasteiger charge is -2.32. The Labute approximate surface area is 124 Å². The van der Waals surface area contributed by atoms with Crippen LogP contribution in [0.2, 0.25) is 0 Å². The molecular weight excluding hydrogens is 269 g/mol. The predicted octanol–water partition coefficient (Wildman–Crippen LogP) is 3.06. The Balaban J connectivity index is 1.98. The molecule has 21 heavy (non-hydrogen) atoms. The molecule has 114 valence electrons. The number of carbonyl (C=O) groups is 1. The summed E-state index contributed by atoms with van der Waals surface area (Å²) in [5.74, 6) is -0.479. The van der Waals surface area contributed by atoms with Gasteiger partial charge < -0.3 is 4.74 Å². The van der Waals surface area contributed by atoms with Crippen LogP contribution in [0.5, 0.6) is 0 Å². The Morgan fingerprint density at radius 3 is 2.90 bits per heavy atom. The molecule has 0 heterocycles. The highest BCUT2D eigenvalue weighted by molar-refractivity contribution is 5.84. The van der Waals surface area contributed by atoms with E-state index in [0.29, 0.717) is 31.1 Å². The first-order chi connectivity index (χ1) is 10.2. The van der Waals surface area contributed by atoms with Crippen molar-refractivity contribution < 1.29 is 13.9 Å². The molecule has 1 unspecified atom stereocenters. The van der Waals surface area contributed by atoms with Crippen molar-refractivity contribution >= 4 is 5.97 Å². The van der Waals surface area contributed by atoms with Crippen LogP contribution < -0.4 is 5.32 Å². The van der Waals surface area contributed by atoms with Gasteiger partial charge in [0.1, 0.15) is 11.4 Å². The van der Waals surface area contributed by atoms with Crippen LogP contribution in [0.4, 0.5) is 4.39 Å². The highest BCUT2D eigenvalue weighted by Crippen LogP contribution is 2.40. The Kier molecular flexibility index (Phi) is 3.98. The summed E-state index contributed by atoms with van der Waals surface area (Å²) in [6.07, 6.45) is 5.69. The molecule has 2 aliphatic rings. The normalized spacial score (nSPS) is 25.0. The van der Waals surface area contributed by atoms with Crippen molar-refractivity contribution in [3.05, 3.63) is 35.1 Å². The molecule has 0 saturated heterocycles. The molecule has 1 N–H and O–H groups in total. The molecule has 0 spiro atoms. The average Bonchev–Trinajstić information content (AvgIpc) is 3.09. The van der Waals surface area contributed by atoms with Crippen LogP contribution in [0.25, 0.3) is 0 Å². The van der Waals surface area contributed by atoms with E-state index in [0.717, 1.165) is 18.4 Å². The first-order valence-electron chi connectivity index (χ1n) is 7.90. The zero-order valence-electron chi connectivity index (χ0n) is 12.5. The van der Waals surface area contributed by atoms with Gasteiger partial charge in [0, 0.05) is 6.04 Å². The summed E-state index contributed by atoms with van der Waals surface area (Å²) in [6.45, 7) is 2.15. The zero-order chi connectivity index (χ0) is 14.9. The second kappa shape index (κ2) is 5.76. The van der Waals surface area contributed by atoms with Gasteiger partial charge in [-0.2, -0.15) is 0 Å². The van der Waals surface area contributed by atoms with Gasteiger partial charge in [-0.1, -0.05) is 25.0 Å². The minimum Gasteiger partial charge on any atom is -0.464 e. The molecule has 1 atom stereocenters. The van der Waals surface area contributed by atoms with Crippen LogP contribution in [0.1, 0.15) is 50.2 Å². The van der Waals surface area contributed by atoms with Crippen molar-refractivity contribution in [1.29, 1.82) is 0 Å². The lowest BCUT2D eigenvalue weighted by molar-refractivity contribution is -0.152. The number of hydrogen-bond donors (Lipinski definition) is 1. The molecule has 3 nitrogen and oxygen atoms in total. The van der Waals surface area contributed by atoms with Gasteiger partial charge in [0.05, 0.1) is 6.61 Å². The van der Waals surface area contributed by atoms with Gasteiger partial charge in [-0.3, -0.25) is 5.32 Å². The third-order valence-electron chi connectivity index (χ3n) is 4.76. The standard InChI is InChI=1S/C17H22FNO2/c1-2-21-16(20)17(19-12-6-3-4-7-12)11-10-13-14(17)8-5-9-15(13)18/h5,8-9,12,19H,2-4,6-7,10-11H2,1H3. The van der Waals surface area contributed by atoms with E-state index in [1.165, 1.54) is 18.9 Å². The molecule has 3 rings (SSSR count). The Morgan fingerprint density at radius 2 is 2.19 bits per heavy atom. The lowest BCUT2D eigenvalue weighted by Crippen LogP contribution is -2.52. The van der Waals surface area contributed by atoms with Crippen LogP contribution >= 0.6 is 0 Å². The molecular formula is C17H22FNO2. The van der Waals surface area contributed by atoms with E-state index in [1.807, 2.05) is 13.0 Å². The molecule has 0 radical (unpaired) electrons. The number of fused-ring (bicyclic) bond motifs is 1. The summed E-state index contributed by atoms with van der Waals surface area (Å²) in [5.41, 5.74) is 0.575. The second-order valence-corrected chi connectivity index (χ2v) is 6.02. The lowest BCUT2D eigenvalue weighted by atomic mass is 9.90. The third-order valence-corrected chi connectivity index (χ3v) is 4.76. The van der Waals surface area contributed by atoms with Gasteiger partial charge in [-0.15, -0.1) is 0 Å². The highest BCUT2D eigenvalue weighted by Gasteiger charge is 2.48. The summed E-state index contributed by atoms with van der Waals surface area (Å²) < 4.78 is 19.3. The Hall–Kier alpha value is -1.42. The Bertz CT molecular complexity index is 540. The maximum absolute atomic E-state index is 14.0. The number of ether oxygens (including phenoxy) is 1. The van der Waals surface area contributed by atoms with Crippen LogP contribution in [-0.2, 0) is 21.5 Å². The summed E-state index contributed by atoms with van der Waals surface area (Å²) in [7, 11) is 0. The predicted molar refractivity (Wildman–Crippen MR) is 78.4 cm³/mol. The monoisotopic (exact) mass is 291 g/mol. The molecule has 1 aromatic rings. The average molecular weight is 291 g/mol. The van der Waals surface area contributed by atoms with Crippen molar-refractivity contribution in [2.75, 3.05) is 6.61 Å². The Morgan fingerprint density at radius 1 is 1.43 bits per heavy atom. The number of halogens is 1. The molecule has 0 aliphatic heterocycles. The topological polar surface area (TPSA) is 38.3 Å². The van der Waals surface area contributed by atoms with Gasteiger partial charge in [0.15, 0.2) is 0 Å². The summed E-state index contributed by atoms with van der Waals surface area (Å²) in [5, 5.41) is 3.52. The minimum absolute atomic E-state index is 0.216. The second-order valence-electron chi connectivity index (χ2n) is 6.02. The number of esters is 1. The number of nitrogens with one attached hydrogen (secondary N) is 1. The minimum atomic E-state index is -0.859. The maximum Gasteiger partial charge on any atom is 0.331 e. The van der Waals surface area contributed by atoms with E-state index < -0.39 is 5.54 Å². The largest absolute Gasteiger partial charge is 0.464 e.